The molecular weight excluding hydrogens is 282 g/mol. The van der Waals surface area contributed by atoms with Gasteiger partial charge in [0.25, 0.3) is 0 Å². The van der Waals surface area contributed by atoms with Gasteiger partial charge in [0.15, 0.2) is 17.4 Å². The molecule has 106 valence electrons. The van der Waals surface area contributed by atoms with Gasteiger partial charge in [-0.05, 0) is 30.7 Å². The van der Waals surface area contributed by atoms with Crippen LogP contribution in [0.4, 0.5) is 14.5 Å². The van der Waals surface area contributed by atoms with Crippen LogP contribution in [-0.2, 0) is 0 Å². The summed E-state index contributed by atoms with van der Waals surface area (Å²) in [6.07, 6.45) is 0. The van der Waals surface area contributed by atoms with Crippen molar-refractivity contribution in [1.29, 1.82) is 5.26 Å². The minimum atomic E-state index is -1.11. The van der Waals surface area contributed by atoms with Gasteiger partial charge in [-0.15, -0.1) is 0 Å². The molecule has 0 amide bonds. The summed E-state index contributed by atoms with van der Waals surface area (Å²) in [6, 6.07) is 7.15. The number of halogens is 2. The van der Waals surface area contributed by atoms with Crippen molar-refractivity contribution >= 4 is 5.69 Å². The minimum Gasteiger partial charge on any atom is -0.444 e. The number of hydrogen-bond donors (Lipinski definition) is 0. The lowest BCUT2D eigenvalue weighted by molar-refractivity contribution is -0.385. The first-order chi connectivity index (χ1) is 9.92. The summed E-state index contributed by atoms with van der Waals surface area (Å²) in [5.74, 6) is -3.28. The van der Waals surface area contributed by atoms with Crippen LogP contribution in [-0.4, -0.2) is 4.92 Å². The van der Waals surface area contributed by atoms with Gasteiger partial charge in [-0.1, -0.05) is 6.07 Å². The maximum absolute atomic E-state index is 13.7. The Balaban J connectivity index is 2.51. The number of hydrogen-bond acceptors (Lipinski definition) is 4. The van der Waals surface area contributed by atoms with Crippen molar-refractivity contribution in [3.63, 3.8) is 0 Å². The van der Waals surface area contributed by atoms with Crippen LogP contribution in [0.5, 0.6) is 11.5 Å². The SMILES string of the molecule is Cc1ccc([N+](=O)[O-])c(Oc2c(F)cc(C#N)cc2F)c1. The maximum atomic E-state index is 13.7. The highest BCUT2D eigenvalue weighted by Crippen LogP contribution is 2.35. The van der Waals surface area contributed by atoms with Gasteiger partial charge in [-0.25, -0.2) is 8.78 Å². The molecule has 0 radical (unpaired) electrons. The Kier molecular flexibility index (Phi) is 3.80. The van der Waals surface area contributed by atoms with Gasteiger partial charge in [0.1, 0.15) is 0 Å². The summed E-state index contributed by atoms with van der Waals surface area (Å²) in [5, 5.41) is 19.5. The lowest BCUT2D eigenvalue weighted by Crippen LogP contribution is -1.98. The highest BCUT2D eigenvalue weighted by Gasteiger charge is 2.20. The number of ether oxygens (including phenoxy) is 1. The van der Waals surface area contributed by atoms with Crippen molar-refractivity contribution in [3.05, 3.63) is 63.2 Å². The molecule has 0 heterocycles. The Labute approximate surface area is 118 Å². The van der Waals surface area contributed by atoms with Crippen molar-refractivity contribution in [2.45, 2.75) is 6.92 Å². The van der Waals surface area contributed by atoms with Crippen LogP contribution in [0.25, 0.3) is 0 Å². The van der Waals surface area contributed by atoms with E-state index in [2.05, 4.69) is 0 Å². The number of rotatable bonds is 3. The summed E-state index contributed by atoms with van der Waals surface area (Å²) in [6.45, 7) is 1.65. The molecule has 2 aromatic rings. The van der Waals surface area contributed by atoms with Gasteiger partial charge < -0.3 is 4.74 Å². The van der Waals surface area contributed by atoms with E-state index in [1.807, 2.05) is 0 Å². The second-order valence-electron chi connectivity index (χ2n) is 4.21. The Morgan fingerprint density at radius 3 is 2.38 bits per heavy atom. The molecule has 0 aliphatic heterocycles. The molecule has 7 heteroatoms. The molecule has 2 aromatic carbocycles. The average molecular weight is 290 g/mol. The molecule has 0 bridgehead atoms. The van der Waals surface area contributed by atoms with Gasteiger partial charge in [0, 0.05) is 6.07 Å². The van der Waals surface area contributed by atoms with E-state index in [0.29, 0.717) is 5.56 Å². The van der Waals surface area contributed by atoms with Crippen molar-refractivity contribution in [2.75, 3.05) is 0 Å². The molecule has 0 fully saturated rings. The maximum Gasteiger partial charge on any atom is 0.311 e. The van der Waals surface area contributed by atoms with Crippen LogP contribution in [0.15, 0.2) is 30.3 Å². The number of nitrogens with zero attached hydrogens (tertiary/aromatic N) is 2. The van der Waals surface area contributed by atoms with Crippen LogP contribution in [0.2, 0.25) is 0 Å². The van der Waals surface area contributed by atoms with Crippen molar-refractivity contribution in [1.82, 2.24) is 0 Å². The second kappa shape index (κ2) is 5.54. The predicted molar refractivity (Wildman–Crippen MR) is 69.0 cm³/mol. The fraction of sp³-hybridized carbons (Fsp3) is 0.0714. The van der Waals surface area contributed by atoms with E-state index < -0.39 is 28.0 Å². The average Bonchev–Trinajstić information content (AvgIpc) is 2.42. The number of benzene rings is 2. The zero-order valence-corrected chi connectivity index (χ0v) is 10.8. The van der Waals surface area contributed by atoms with E-state index in [-0.39, 0.29) is 11.3 Å². The topological polar surface area (TPSA) is 76.2 Å². The van der Waals surface area contributed by atoms with E-state index in [0.717, 1.165) is 12.1 Å². The van der Waals surface area contributed by atoms with Crippen LogP contribution < -0.4 is 4.74 Å². The molecule has 0 N–H and O–H groups in total. The van der Waals surface area contributed by atoms with Crippen molar-refractivity contribution in [2.24, 2.45) is 0 Å². The largest absolute Gasteiger partial charge is 0.444 e. The second-order valence-corrected chi connectivity index (χ2v) is 4.21. The predicted octanol–water partition coefficient (Wildman–Crippen LogP) is 3.85. The smallest absolute Gasteiger partial charge is 0.311 e. The molecule has 5 nitrogen and oxygen atoms in total. The molecule has 0 aromatic heterocycles. The van der Waals surface area contributed by atoms with Gasteiger partial charge in [-0.3, -0.25) is 10.1 Å². The first-order valence-electron chi connectivity index (χ1n) is 5.74. The third-order valence-corrected chi connectivity index (χ3v) is 2.65. The van der Waals surface area contributed by atoms with Crippen molar-refractivity contribution in [3.8, 4) is 17.6 Å². The standard InChI is InChI=1S/C14H8F2N2O3/c1-8-2-3-12(18(19)20)13(4-8)21-14-10(15)5-9(7-17)6-11(14)16/h2-6H,1H3. The van der Waals surface area contributed by atoms with Gasteiger partial charge in [0.05, 0.1) is 16.6 Å². The van der Waals surface area contributed by atoms with Crippen LogP contribution in [0.3, 0.4) is 0 Å². The summed E-state index contributed by atoms with van der Waals surface area (Å²) < 4.78 is 32.5. The van der Waals surface area contributed by atoms with Gasteiger partial charge in [-0.2, -0.15) is 5.26 Å². The first-order valence-corrected chi connectivity index (χ1v) is 5.74. The van der Waals surface area contributed by atoms with E-state index in [1.165, 1.54) is 18.2 Å². The Morgan fingerprint density at radius 1 is 1.24 bits per heavy atom. The minimum absolute atomic E-state index is 0.212. The highest BCUT2D eigenvalue weighted by atomic mass is 19.1. The number of nitriles is 1. The van der Waals surface area contributed by atoms with Crippen LogP contribution in [0, 0.1) is 40.0 Å². The highest BCUT2D eigenvalue weighted by molar-refractivity contribution is 5.51. The fourth-order valence-corrected chi connectivity index (χ4v) is 1.69. The summed E-state index contributed by atoms with van der Waals surface area (Å²) >= 11 is 0. The Morgan fingerprint density at radius 2 is 1.86 bits per heavy atom. The molecule has 0 saturated heterocycles. The first kappa shape index (κ1) is 14.4. The third-order valence-electron chi connectivity index (χ3n) is 2.65. The van der Waals surface area contributed by atoms with Gasteiger partial charge in [0.2, 0.25) is 5.75 Å². The van der Waals surface area contributed by atoms with E-state index in [9.17, 15) is 18.9 Å². The fourth-order valence-electron chi connectivity index (χ4n) is 1.69. The summed E-state index contributed by atoms with van der Waals surface area (Å²) in [5.41, 5.74) is 0.00455. The zero-order valence-electron chi connectivity index (χ0n) is 10.8. The molecule has 0 aliphatic carbocycles. The molecule has 0 saturated carbocycles. The van der Waals surface area contributed by atoms with Gasteiger partial charge >= 0.3 is 5.69 Å². The Bertz CT molecular complexity index is 746. The van der Waals surface area contributed by atoms with E-state index in [1.54, 1.807) is 13.0 Å². The number of nitro benzene ring substituents is 1. The molecule has 0 aliphatic rings. The quantitative estimate of drug-likeness (QED) is 0.635. The summed E-state index contributed by atoms with van der Waals surface area (Å²) in [7, 11) is 0. The van der Waals surface area contributed by atoms with Crippen molar-refractivity contribution < 1.29 is 18.4 Å². The van der Waals surface area contributed by atoms with E-state index in [4.69, 9.17) is 10.00 Å². The third kappa shape index (κ3) is 2.95. The lowest BCUT2D eigenvalue weighted by atomic mass is 10.2. The Hall–Kier alpha value is -3.01. The molecule has 21 heavy (non-hydrogen) atoms. The van der Waals surface area contributed by atoms with Crippen LogP contribution >= 0.6 is 0 Å². The molecule has 0 unspecified atom stereocenters. The molecular formula is C14H8F2N2O3. The van der Waals surface area contributed by atoms with Crippen LogP contribution in [0.1, 0.15) is 11.1 Å². The normalized spacial score (nSPS) is 10.0. The summed E-state index contributed by atoms with van der Waals surface area (Å²) in [4.78, 5) is 10.2. The monoisotopic (exact) mass is 290 g/mol. The molecule has 0 atom stereocenters. The zero-order chi connectivity index (χ0) is 15.6. The molecule has 0 spiro atoms. The number of aryl methyl sites for hydroxylation is 1. The number of nitro groups is 1. The molecule has 2 rings (SSSR count). The van der Waals surface area contributed by atoms with E-state index >= 15 is 0 Å². The lowest BCUT2D eigenvalue weighted by Gasteiger charge is -2.09.